The van der Waals surface area contributed by atoms with Gasteiger partial charge in [-0.2, -0.15) is 13.2 Å². The van der Waals surface area contributed by atoms with Gasteiger partial charge in [0, 0.05) is 18.4 Å². The van der Waals surface area contributed by atoms with E-state index in [4.69, 9.17) is 15.1 Å². The molecule has 2 aromatic carbocycles. The molecule has 0 N–H and O–H groups in total. The minimum Gasteiger partial charge on any atom is -0.355 e. The number of benzene rings is 2. The van der Waals surface area contributed by atoms with E-state index in [1.54, 1.807) is 6.33 Å². The number of pyridine rings is 1. The summed E-state index contributed by atoms with van der Waals surface area (Å²) in [5.41, 5.74) is 4.39. The number of fused-ring (bicyclic) bond motifs is 1. The van der Waals surface area contributed by atoms with Gasteiger partial charge in [0.25, 0.3) is 0 Å². The highest BCUT2D eigenvalue weighted by Crippen LogP contribution is 2.37. The molecule has 198 valence electrons. The standard InChI is InChI=1S/C29H26F3N7/c1-3-23-25(37-17-19(2)33-18-37)14-13-24(34-23)27-35-28-26(20-9-11-21(12-10-20)29(30,31)32)38(15-16-39(28)36-27)22-7-5-4-6-8-22/h4-14,17-18,26H,3,15-16H2,1-2H3/t26-/m0/s1. The molecule has 0 spiro atoms. The maximum atomic E-state index is 13.3. The van der Waals surface area contributed by atoms with Crippen molar-refractivity contribution >= 4 is 5.69 Å². The molecule has 3 aromatic heterocycles. The van der Waals surface area contributed by atoms with Gasteiger partial charge in [0.05, 0.1) is 35.5 Å². The van der Waals surface area contributed by atoms with Crippen LogP contribution in [0.4, 0.5) is 18.9 Å². The molecule has 0 aliphatic carbocycles. The van der Waals surface area contributed by atoms with Crippen LogP contribution in [0.3, 0.4) is 0 Å². The van der Waals surface area contributed by atoms with E-state index in [1.807, 2.05) is 71.8 Å². The van der Waals surface area contributed by atoms with Gasteiger partial charge in [-0.05, 0) is 55.3 Å². The van der Waals surface area contributed by atoms with Gasteiger partial charge in [0.15, 0.2) is 11.6 Å². The van der Waals surface area contributed by atoms with Crippen molar-refractivity contribution in [3.63, 3.8) is 0 Å². The lowest BCUT2D eigenvalue weighted by atomic mass is 10.00. The Labute approximate surface area is 223 Å². The van der Waals surface area contributed by atoms with Crippen LogP contribution in [0, 0.1) is 6.92 Å². The van der Waals surface area contributed by atoms with Gasteiger partial charge in [0.1, 0.15) is 11.7 Å². The second-order valence-corrected chi connectivity index (χ2v) is 9.51. The van der Waals surface area contributed by atoms with Crippen LogP contribution in [0.2, 0.25) is 0 Å². The number of para-hydroxylation sites is 1. The summed E-state index contributed by atoms with van der Waals surface area (Å²) in [6.45, 7) is 5.19. The molecule has 1 aliphatic rings. The molecular weight excluding hydrogens is 503 g/mol. The van der Waals surface area contributed by atoms with E-state index >= 15 is 0 Å². The van der Waals surface area contributed by atoms with Crippen LogP contribution in [0.1, 0.15) is 41.3 Å². The fourth-order valence-electron chi connectivity index (χ4n) is 5.05. The average molecular weight is 530 g/mol. The fraction of sp³-hybridized carbons (Fsp3) is 0.241. The summed E-state index contributed by atoms with van der Waals surface area (Å²) < 4.78 is 43.7. The second kappa shape index (κ2) is 9.68. The number of hydrogen-bond acceptors (Lipinski definition) is 5. The number of hydrogen-bond donors (Lipinski definition) is 0. The Morgan fingerprint density at radius 1 is 0.923 bits per heavy atom. The number of halogens is 3. The molecule has 0 unspecified atom stereocenters. The molecule has 6 rings (SSSR count). The molecule has 1 aliphatic heterocycles. The maximum absolute atomic E-state index is 13.3. The lowest BCUT2D eigenvalue weighted by Crippen LogP contribution is -2.39. The number of aryl methyl sites for hydroxylation is 2. The van der Waals surface area contributed by atoms with E-state index in [2.05, 4.69) is 9.88 Å². The highest BCUT2D eigenvalue weighted by Gasteiger charge is 2.35. The van der Waals surface area contributed by atoms with Crippen LogP contribution in [0.15, 0.2) is 79.3 Å². The summed E-state index contributed by atoms with van der Waals surface area (Å²) in [4.78, 5) is 16.3. The number of imidazole rings is 1. The summed E-state index contributed by atoms with van der Waals surface area (Å²) in [6, 6.07) is 18.6. The Balaban J connectivity index is 1.42. The molecule has 1 atom stereocenters. The Morgan fingerprint density at radius 3 is 2.36 bits per heavy atom. The predicted octanol–water partition coefficient (Wildman–Crippen LogP) is 6.03. The fourth-order valence-corrected chi connectivity index (χ4v) is 5.05. The van der Waals surface area contributed by atoms with E-state index in [1.165, 1.54) is 12.1 Å². The van der Waals surface area contributed by atoms with Crippen molar-refractivity contribution in [2.75, 3.05) is 11.4 Å². The van der Waals surface area contributed by atoms with Gasteiger partial charge >= 0.3 is 6.18 Å². The SMILES string of the molecule is CCc1nc(-c2nc3n(n2)CCN(c2ccccc2)[C@H]3c2ccc(C(F)(F)F)cc2)ccc1-n1cnc(C)c1. The molecule has 0 amide bonds. The summed E-state index contributed by atoms with van der Waals surface area (Å²) in [5, 5.41) is 4.78. The van der Waals surface area contributed by atoms with Gasteiger partial charge in [-0.25, -0.2) is 19.6 Å². The van der Waals surface area contributed by atoms with Crippen molar-refractivity contribution in [1.29, 1.82) is 0 Å². The third-order valence-electron chi connectivity index (χ3n) is 6.95. The highest BCUT2D eigenvalue weighted by molar-refractivity contribution is 5.56. The zero-order valence-electron chi connectivity index (χ0n) is 21.5. The zero-order valence-corrected chi connectivity index (χ0v) is 21.5. The first-order valence-electron chi connectivity index (χ1n) is 12.8. The molecule has 0 saturated heterocycles. The summed E-state index contributed by atoms with van der Waals surface area (Å²) in [5.74, 6) is 1.15. The van der Waals surface area contributed by atoms with Crippen molar-refractivity contribution in [3.8, 4) is 17.2 Å². The molecule has 0 bridgehead atoms. The first kappa shape index (κ1) is 24.8. The smallest absolute Gasteiger partial charge is 0.355 e. The Hall–Kier alpha value is -4.47. The van der Waals surface area contributed by atoms with Gasteiger partial charge in [0.2, 0.25) is 0 Å². The molecule has 0 radical (unpaired) electrons. The van der Waals surface area contributed by atoms with Gasteiger partial charge < -0.3 is 9.47 Å². The molecule has 7 nitrogen and oxygen atoms in total. The Bertz CT molecular complexity index is 1600. The molecule has 5 aromatic rings. The monoisotopic (exact) mass is 529 g/mol. The third kappa shape index (κ3) is 4.67. The Morgan fingerprint density at radius 2 is 1.69 bits per heavy atom. The number of aromatic nitrogens is 6. The first-order valence-corrected chi connectivity index (χ1v) is 12.8. The number of alkyl halides is 3. The van der Waals surface area contributed by atoms with Crippen molar-refractivity contribution in [2.24, 2.45) is 0 Å². The molecule has 0 saturated carbocycles. The lowest BCUT2D eigenvalue weighted by molar-refractivity contribution is -0.137. The third-order valence-corrected chi connectivity index (χ3v) is 6.95. The summed E-state index contributed by atoms with van der Waals surface area (Å²) in [7, 11) is 0. The Kier molecular flexibility index (Phi) is 6.17. The lowest BCUT2D eigenvalue weighted by Gasteiger charge is -2.37. The quantitative estimate of drug-likeness (QED) is 0.278. The van der Waals surface area contributed by atoms with Crippen molar-refractivity contribution < 1.29 is 13.2 Å². The second-order valence-electron chi connectivity index (χ2n) is 9.51. The number of anilines is 1. The van der Waals surface area contributed by atoms with Crippen molar-refractivity contribution in [1.82, 2.24) is 29.3 Å². The van der Waals surface area contributed by atoms with Gasteiger partial charge in [-0.15, -0.1) is 5.10 Å². The molecule has 10 heteroatoms. The van der Waals surface area contributed by atoms with Crippen LogP contribution in [0.25, 0.3) is 17.2 Å². The van der Waals surface area contributed by atoms with E-state index in [0.29, 0.717) is 42.4 Å². The van der Waals surface area contributed by atoms with Crippen LogP contribution in [-0.2, 0) is 19.1 Å². The van der Waals surface area contributed by atoms with E-state index in [0.717, 1.165) is 34.9 Å². The maximum Gasteiger partial charge on any atom is 0.416 e. The van der Waals surface area contributed by atoms with Crippen molar-refractivity contribution in [2.45, 2.75) is 39.0 Å². The number of nitrogens with zero attached hydrogens (tertiary/aromatic N) is 7. The van der Waals surface area contributed by atoms with Crippen LogP contribution >= 0.6 is 0 Å². The van der Waals surface area contributed by atoms with E-state index in [-0.39, 0.29) is 0 Å². The summed E-state index contributed by atoms with van der Waals surface area (Å²) >= 11 is 0. The molecular formula is C29H26F3N7. The number of rotatable bonds is 5. The first-order chi connectivity index (χ1) is 18.8. The van der Waals surface area contributed by atoms with Crippen molar-refractivity contribution in [3.05, 3.63) is 108 Å². The van der Waals surface area contributed by atoms with E-state index in [9.17, 15) is 13.2 Å². The van der Waals surface area contributed by atoms with E-state index < -0.39 is 17.8 Å². The topological polar surface area (TPSA) is 64.7 Å². The molecule has 4 heterocycles. The zero-order chi connectivity index (χ0) is 27.1. The predicted molar refractivity (Wildman–Crippen MR) is 142 cm³/mol. The minimum absolute atomic E-state index is 0.413. The van der Waals surface area contributed by atoms with Crippen LogP contribution in [-0.4, -0.2) is 35.8 Å². The highest BCUT2D eigenvalue weighted by atomic mass is 19.4. The largest absolute Gasteiger partial charge is 0.416 e. The minimum atomic E-state index is -4.40. The van der Waals surface area contributed by atoms with Gasteiger partial charge in [-0.3, -0.25) is 0 Å². The molecule has 0 fully saturated rings. The van der Waals surface area contributed by atoms with Crippen LogP contribution in [0.5, 0.6) is 0 Å². The van der Waals surface area contributed by atoms with Crippen LogP contribution < -0.4 is 4.90 Å². The average Bonchev–Trinajstić information content (AvgIpc) is 3.58. The molecule has 39 heavy (non-hydrogen) atoms. The summed E-state index contributed by atoms with van der Waals surface area (Å²) in [6.07, 6.45) is 0.0351. The van der Waals surface area contributed by atoms with Gasteiger partial charge in [-0.1, -0.05) is 37.3 Å². The normalized spacial score (nSPS) is 15.4.